The van der Waals surface area contributed by atoms with Gasteiger partial charge in [0.25, 0.3) is 0 Å². The monoisotopic (exact) mass is 431 g/mol. The molecular formula is C19H24F3N3O5. The lowest BCUT2D eigenvalue weighted by Gasteiger charge is -2.29. The van der Waals surface area contributed by atoms with Crippen LogP contribution in [-0.4, -0.2) is 68.9 Å². The predicted octanol–water partition coefficient (Wildman–Crippen LogP) is 2.25. The van der Waals surface area contributed by atoms with E-state index in [-0.39, 0.29) is 24.7 Å². The standard InChI is InChI=1S/C19H24F3N3O5/c1-3-30-16(26)12-15(23-18(28)25-8-10-29-11-9-25)13-4-6-14(7-5-13)24(2)17(27)19(20,21)22/h4-7,15H,3,8-12H2,1-2H3,(H,23,28). The molecule has 1 N–H and O–H groups in total. The van der Waals surface area contributed by atoms with Crippen molar-refractivity contribution >= 4 is 23.6 Å². The van der Waals surface area contributed by atoms with Crippen molar-refractivity contribution in [2.75, 3.05) is 44.9 Å². The smallest absolute Gasteiger partial charge is 0.466 e. The second kappa shape index (κ2) is 10.3. The van der Waals surface area contributed by atoms with Crippen molar-refractivity contribution in [3.8, 4) is 0 Å². The molecule has 166 valence electrons. The van der Waals surface area contributed by atoms with E-state index in [2.05, 4.69) is 5.32 Å². The van der Waals surface area contributed by atoms with Crippen LogP contribution < -0.4 is 10.2 Å². The average Bonchev–Trinajstić information content (AvgIpc) is 2.72. The number of nitrogens with one attached hydrogen (secondary N) is 1. The molecule has 1 saturated heterocycles. The molecule has 2 rings (SSSR count). The fourth-order valence-corrected chi connectivity index (χ4v) is 2.88. The van der Waals surface area contributed by atoms with Crippen molar-refractivity contribution in [3.63, 3.8) is 0 Å². The summed E-state index contributed by atoms with van der Waals surface area (Å²) in [5.41, 5.74) is 0.511. The van der Waals surface area contributed by atoms with Crippen molar-refractivity contribution in [1.82, 2.24) is 10.2 Å². The zero-order chi connectivity index (χ0) is 22.3. The lowest BCUT2D eigenvalue weighted by Crippen LogP contribution is -2.47. The highest BCUT2D eigenvalue weighted by Gasteiger charge is 2.41. The number of benzene rings is 1. The van der Waals surface area contributed by atoms with Crippen LogP contribution in [0.1, 0.15) is 24.9 Å². The Labute approximate surface area is 171 Å². The van der Waals surface area contributed by atoms with Crippen LogP contribution in [0.3, 0.4) is 0 Å². The number of morpholine rings is 1. The number of carbonyl (C=O) groups is 3. The zero-order valence-electron chi connectivity index (χ0n) is 16.7. The fraction of sp³-hybridized carbons (Fsp3) is 0.526. The number of amides is 3. The number of ether oxygens (including phenoxy) is 2. The van der Waals surface area contributed by atoms with Crippen molar-refractivity contribution in [2.24, 2.45) is 0 Å². The summed E-state index contributed by atoms with van der Waals surface area (Å²) in [6.45, 7) is 3.45. The number of anilines is 1. The van der Waals surface area contributed by atoms with Gasteiger partial charge in [0, 0.05) is 25.8 Å². The van der Waals surface area contributed by atoms with Crippen LogP contribution in [0, 0.1) is 0 Å². The first-order valence-corrected chi connectivity index (χ1v) is 9.37. The maximum atomic E-state index is 12.6. The lowest BCUT2D eigenvalue weighted by atomic mass is 10.0. The first kappa shape index (κ1) is 23.5. The van der Waals surface area contributed by atoms with Gasteiger partial charge < -0.3 is 24.6 Å². The Morgan fingerprint density at radius 3 is 2.33 bits per heavy atom. The highest BCUT2D eigenvalue weighted by molar-refractivity contribution is 5.96. The van der Waals surface area contributed by atoms with Crippen molar-refractivity contribution in [3.05, 3.63) is 29.8 Å². The number of esters is 1. The predicted molar refractivity (Wildman–Crippen MR) is 101 cm³/mol. The summed E-state index contributed by atoms with van der Waals surface area (Å²) in [7, 11) is 1.02. The summed E-state index contributed by atoms with van der Waals surface area (Å²) in [5, 5.41) is 2.76. The van der Waals surface area contributed by atoms with Gasteiger partial charge in [0.05, 0.1) is 32.3 Å². The van der Waals surface area contributed by atoms with E-state index in [0.717, 1.165) is 7.05 Å². The molecule has 11 heteroatoms. The van der Waals surface area contributed by atoms with E-state index in [4.69, 9.17) is 9.47 Å². The molecule has 1 atom stereocenters. The number of hydrogen-bond acceptors (Lipinski definition) is 5. The molecule has 1 unspecified atom stereocenters. The number of halogens is 3. The highest BCUT2D eigenvalue weighted by Crippen LogP contribution is 2.25. The van der Waals surface area contributed by atoms with Gasteiger partial charge in [0.15, 0.2) is 0 Å². The van der Waals surface area contributed by atoms with Gasteiger partial charge in [-0.05, 0) is 24.6 Å². The van der Waals surface area contributed by atoms with Crippen LogP contribution in [-0.2, 0) is 19.1 Å². The number of alkyl halides is 3. The number of carbonyl (C=O) groups excluding carboxylic acids is 3. The molecule has 3 amide bonds. The van der Waals surface area contributed by atoms with Gasteiger partial charge in [0.2, 0.25) is 0 Å². The quantitative estimate of drug-likeness (QED) is 0.698. The number of urea groups is 1. The van der Waals surface area contributed by atoms with Crippen LogP contribution >= 0.6 is 0 Å². The molecule has 1 aliphatic heterocycles. The summed E-state index contributed by atoms with van der Waals surface area (Å²) in [4.78, 5) is 37.9. The molecule has 8 nitrogen and oxygen atoms in total. The van der Waals surface area contributed by atoms with Crippen LogP contribution in [0.4, 0.5) is 23.7 Å². The minimum atomic E-state index is -4.99. The fourth-order valence-electron chi connectivity index (χ4n) is 2.88. The van der Waals surface area contributed by atoms with Crippen LogP contribution in [0.5, 0.6) is 0 Å². The van der Waals surface area contributed by atoms with Gasteiger partial charge in [0.1, 0.15) is 0 Å². The maximum Gasteiger partial charge on any atom is 0.471 e. The molecule has 0 radical (unpaired) electrons. The summed E-state index contributed by atoms with van der Waals surface area (Å²) in [6, 6.07) is 4.41. The van der Waals surface area contributed by atoms with Gasteiger partial charge >= 0.3 is 24.1 Å². The molecule has 0 saturated carbocycles. The Kier molecular flexibility index (Phi) is 8.04. The van der Waals surface area contributed by atoms with Crippen LogP contribution in [0.15, 0.2) is 24.3 Å². The highest BCUT2D eigenvalue weighted by atomic mass is 19.4. The largest absolute Gasteiger partial charge is 0.471 e. The van der Waals surface area contributed by atoms with Gasteiger partial charge in [-0.2, -0.15) is 13.2 Å². The summed E-state index contributed by atoms with van der Waals surface area (Å²) >= 11 is 0. The van der Waals surface area contributed by atoms with Crippen molar-refractivity contribution in [1.29, 1.82) is 0 Å². The first-order chi connectivity index (χ1) is 14.1. The van der Waals surface area contributed by atoms with E-state index in [1.807, 2.05) is 0 Å². The van der Waals surface area contributed by atoms with Crippen LogP contribution in [0.25, 0.3) is 0 Å². The van der Waals surface area contributed by atoms with E-state index in [1.54, 1.807) is 11.8 Å². The van der Waals surface area contributed by atoms with Crippen molar-refractivity contribution < 1.29 is 37.0 Å². The molecule has 0 spiro atoms. The Morgan fingerprint density at radius 2 is 1.80 bits per heavy atom. The van der Waals surface area contributed by atoms with Gasteiger partial charge in [-0.1, -0.05) is 12.1 Å². The van der Waals surface area contributed by atoms with E-state index < -0.39 is 24.1 Å². The summed E-state index contributed by atoms with van der Waals surface area (Å²) in [5.74, 6) is -2.53. The van der Waals surface area contributed by atoms with Gasteiger partial charge in [-0.3, -0.25) is 9.59 Å². The molecule has 1 aromatic carbocycles. The molecule has 1 fully saturated rings. The third-order valence-corrected chi connectivity index (χ3v) is 4.50. The number of hydrogen-bond donors (Lipinski definition) is 1. The second-order valence-corrected chi connectivity index (χ2v) is 6.56. The Hall–Kier alpha value is -2.82. The minimum Gasteiger partial charge on any atom is -0.466 e. The topological polar surface area (TPSA) is 88.2 Å². The molecule has 1 heterocycles. The minimum absolute atomic E-state index is 0.0236. The van der Waals surface area contributed by atoms with Crippen molar-refractivity contribution in [2.45, 2.75) is 25.6 Å². The molecule has 0 aromatic heterocycles. The van der Waals surface area contributed by atoms with E-state index in [1.165, 1.54) is 24.3 Å². The van der Waals surface area contributed by atoms with E-state index in [0.29, 0.717) is 36.8 Å². The summed E-state index contributed by atoms with van der Waals surface area (Å²) in [6.07, 6.45) is -5.15. The van der Waals surface area contributed by atoms with E-state index >= 15 is 0 Å². The van der Waals surface area contributed by atoms with Crippen LogP contribution in [0.2, 0.25) is 0 Å². The van der Waals surface area contributed by atoms with Gasteiger partial charge in [-0.25, -0.2) is 4.79 Å². The SMILES string of the molecule is CCOC(=O)CC(NC(=O)N1CCOCC1)c1ccc(N(C)C(=O)C(F)(F)F)cc1. The molecule has 30 heavy (non-hydrogen) atoms. The first-order valence-electron chi connectivity index (χ1n) is 9.37. The number of nitrogens with zero attached hydrogens (tertiary/aromatic N) is 2. The summed E-state index contributed by atoms with van der Waals surface area (Å²) < 4.78 is 48.0. The zero-order valence-corrected chi connectivity index (χ0v) is 16.7. The normalized spacial score (nSPS) is 15.3. The average molecular weight is 431 g/mol. The Balaban J connectivity index is 2.17. The van der Waals surface area contributed by atoms with Gasteiger partial charge in [-0.15, -0.1) is 0 Å². The third kappa shape index (κ3) is 6.34. The molecular weight excluding hydrogens is 407 g/mol. The molecule has 0 aliphatic carbocycles. The Bertz CT molecular complexity index is 749. The number of rotatable bonds is 6. The molecule has 1 aliphatic rings. The Morgan fingerprint density at radius 1 is 1.20 bits per heavy atom. The third-order valence-electron chi connectivity index (χ3n) is 4.50. The lowest BCUT2D eigenvalue weighted by molar-refractivity contribution is -0.170. The molecule has 1 aromatic rings. The molecule has 0 bridgehead atoms. The second-order valence-electron chi connectivity index (χ2n) is 6.56. The van der Waals surface area contributed by atoms with E-state index in [9.17, 15) is 27.6 Å². The maximum absolute atomic E-state index is 12.6.